The van der Waals surface area contributed by atoms with Crippen LogP contribution in [-0.2, 0) is 0 Å². The Balaban J connectivity index is 2.64. The van der Waals surface area contributed by atoms with E-state index in [1.807, 2.05) is 0 Å². The fourth-order valence-corrected chi connectivity index (χ4v) is 3.84. The first-order valence-electron chi connectivity index (χ1n) is 8.06. The molecule has 1 aliphatic carbocycles. The van der Waals surface area contributed by atoms with Crippen molar-refractivity contribution < 1.29 is 0 Å². The number of rotatable bonds is 7. The molecule has 18 heavy (non-hydrogen) atoms. The van der Waals surface area contributed by atoms with Crippen LogP contribution in [0.3, 0.4) is 0 Å². The van der Waals surface area contributed by atoms with Gasteiger partial charge in [0.1, 0.15) is 0 Å². The van der Waals surface area contributed by atoms with Crippen molar-refractivity contribution in [1.82, 2.24) is 4.90 Å². The van der Waals surface area contributed by atoms with Crippen LogP contribution in [0.1, 0.15) is 72.1 Å². The molecule has 0 amide bonds. The molecule has 0 spiro atoms. The van der Waals surface area contributed by atoms with E-state index in [-0.39, 0.29) is 0 Å². The zero-order valence-electron chi connectivity index (χ0n) is 13.0. The normalized spacial score (nSPS) is 29.2. The van der Waals surface area contributed by atoms with Gasteiger partial charge in [0.2, 0.25) is 0 Å². The van der Waals surface area contributed by atoms with Crippen molar-refractivity contribution in [2.45, 2.75) is 83.7 Å². The van der Waals surface area contributed by atoms with Crippen LogP contribution in [0.4, 0.5) is 0 Å². The Hall–Kier alpha value is -0.0800. The minimum atomic E-state index is 0.293. The molecule has 1 aliphatic rings. The predicted octanol–water partition coefficient (Wildman–Crippen LogP) is 3.79. The van der Waals surface area contributed by atoms with Crippen molar-refractivity contribution in [2.24, 2.45) is 11.7 Å². The minimum absolute atomic E-state index is 0.293. The van der Waals surface area contributed by atoms with Crippen LogP contribution in [0.15, 0.2) is 0 Å². The van der Waals surface area contributed by atoms with Crippen molar-refractivity contribution in [2.75, 3.05) is 13.6 Å². The van der Waals surface area contributed by atoms with E-state index in [2.05, 4.69) is 32.7 Å². The third-order valence-electron chi connectivity index (χ3n) is 5.35. The third-order valence-corrected chi connectivity index (χ3v) is 5.35. The van der Waals surface area contributed by atoms with Crippen LogP contribution >= 0.6 is 0 Å². The second-order valence-corrected chi connectivity index (χ2v) is 6.24. The summed E-state index contributed by atoms with van der Waals surface area (Å²) >= 11 is 0. The molecule has 1 rings (SSSR count). The highest BCUT2D eigenvalue weighted by Gasteiger charge is 2.39. The molecule has 2 N–H and O–H groups in total. The number of likely N-dealkylation sites (N-methyl/N-ethyl adjacent to an activating group) is 1. The fraction of sp³-hybridized carbons (Fsp3) is 1.00. The van der Waals surface area contributed by atoms with E-state index >= 15 is 0 Å². The highest BCUT2D eigenvalue weighted by molar-refractivity contribution is 4.96. The smallest absolute Gasteiger partial charge is 0.0331 e. The van der Waals surface area contributed by atoms with E-state index in [9.17, 15) is 0 Å². The summed E-state index contributed by atoms with van der Waals surface area (Å²) in [6, 6.07) is 0.705. The van der Waals surface area contributed by atoms with E-state index in [1.165, 1.54) is 51.4 Å². The average Bonchev–Trinajstić information content (AvgIpc) is 2.41. The molecule has 0 radical (unpaired) electrons. The summed E-state index contributed by atoms with van der Waals surface area (Å²) in [6.07, 6.45) is 10.6. The maximum Gasteiger partial charge on any atom is 0.0331 e. The van der Waals surface area contributed by atoms with Gasteiger partial charge in [0.05, 0.1) is 0 Å². The maximum absolute atomic E-state index is 6.16. The summed E-state index contributed by atoms with van der Waals surface area (Å²) in [5.74, 6) is 0.963. The molecule has 1 fully saturated rings. The lowest BCUT2D eigenvalue weighted by molar-refractivity contribution is 0.0259. The zero-order valence-corrected chi connectivity index (χ0v) is 13.0. The van der Waals surface area contributed by atoms with Gasteiger partial charge in [-0.2, -0.15) is 0 Å². The summed E-state index contributed by atoms with van der Waals surface area (Å²) in [5.41, 5.74) is 6.46. The van der Waals surface area contributed by atoms with Gasteiger partial charge in [-0.15, -0.1) is 0 Å². The van der Waals surface area contributed by atoms with Gasteiger partial charge in [-0.25, -0.2) is 0 Å². The number of nitrogens with zero attached hydrogens (tertiary/aromatic N) is 1. The molecule has 0 heterocycles. The lowest BCUT2D eigenvalue weighted by Crippen LogP contribution is -2.57. The molecule has 0 saturated heterocycles. The summed E-state index contributed by atoms with van der Waals surface area (Å²) in [6.45, 7) is 7.75. The lowest BCUT2D eigenvalue weighted by atomic mass is 9.73. The molecule has 0 aromatic heterocycles. The summed E-state index contributed by atoms with van der Waals surface area (Å²) in [7, 11) is 2.31. The van der Waals surface area contributed by atoms with Crippen molar-refractivity contribution in [3.63, 3.8) is 0 Å². The Morgan fingerprint density at radius 1 is 1.17 bits per heavy atom. The molecule has 0 aromatic rings. The fourth-order valence-electron chi connectivity index (χ4n) is 3.84. The largest absolute Gasteiger partial charge is 0.329 e. The first-order valence-corrected chi connectivity index (χ1v) is 8.06. The van der Waals surface area contributed by atoms with Gasteiger partial charge in [-0.05, 0) is 51.5 Å². The molecule has 0 aliphatic heterocycles. The number of hydrogen-bond donors (Lipinski definition) is 1. The van der Waals surface area contributed by atoms with E-state index in [1.54, 1.807) is 0 Å². The molecular formula is C16H34N2. The predicted molar refractivity (Wildman–Crippen MR) is 80.8 cm³/mol. The SMILES string of the molecule is CCCC1CCC(CN)(N(C)C(CC)CC)CC1. The Morgan fingerprint density at radius 3 is 2.11 bits per heavy atom. The molecule has 2 heteroatoms. The van der Waals surface area contributed by atoms with Crippen LogP contribution in [-0.4, -0.2) is 30.1 Å². The van der Waals surface area contributed by atoms with E-state index in [4.69, 9.17) is 5.73 Å². The van der Waals surface area contributed by atoms with Crippen molar-refractivity contribution >= 4 is 0 Å². The van der Waals surface area contributed by atoms with Gasteiger partial charge in [0, 0.05) is 18.1 Å². The van der Waals surface area contributed by atoms with Crippen molar-refractivity contribution in [3.8, 4) is 0 Å². The van der Waals surface area contributed by atoms with Gasteiger partial charge in [0.25, 0.3) is 0 Å². The Morgan fingerprint density at radius 2 is 1.72 bits per heavy atom. The molecule has 1 saturated carbocycles. The zero-order chi connectivity index (χ0) is 13.6. The molecule has 108 valence electrons. The van der Waals surface area contributed by atoms with Crippen LogP contribution in [0.5, 0.6) is 0 Å². The van der Waals surface area contributed by atoms with E-state index < -0.39 is 0 Å². The van der Waals surface area contributed by atoms with E-state index in [0.29, 0.717) is 11.6 Å². The highest BCUT2D eigenvalue weighted by atomic mass is 15.2. The standard InChI is InChI=1S/C16H34N2/c1-5-8-14-9-11-16(13-17,12-10-14)18(4)15(6-2)7-3/h14-15H,5-13,17H2,1-4H3. The van der Waals surface area contributed by atoms with E-state index in [0.717, 1.165) is 12.5 Å². The maximum atomic E-state index is 6.16. The summed E-state index contributed by atoms with van der Waals surface area (Å²) in [5, 5.41) is 0. The Kier molecular flexibility index (Phi) is 6.65. The van der Waals surface area contributed by atoms with Crippen LogP contribution in [0, 0.1) is 5.92 Å². The molecule has 2 nitrogen and oxygen atoms in total. The van der Waals surface area contributed by atoms with Crippen molar-refractivity contribution in [1.29, 1.82) is 0 Å². The first-order chi connectivity index (χ1) is 8.63. The quantitative estimate of drug-likeness (QED) is 0.749. The Labute approximate surface area is 114 Å². The molecule has 0 aromatic carbocycles. The molecular weight excluding hydrogens is 220 g/mol. The first kappa shape index (κ1) is 16.0. The highest BCUT2D eigenvalue weighted by Crippen LogP contribution is 2.38. The van der Waals surface area contributed by atoms with Crippen LogP contribution in [0.2, 0.25) is 0 Å². The second kappa shape index (κ2) is 7.49. The van der Waals surface area contributed by atoms with Gasteiger partial charge < -0.3 is 5.73 Å². The topological polar surface area (TPSA) is 29.3 Å². The van der Waals surface area contributed by atoms with Gasteiger partial charge in [0.15, 0.2) is 0 Å². The lowest BCUT2D eigenvalue weighted by Gasteiger charge is -2.49. The third kappa shape index (κ3) is 3.48. The monoisotopic (exact) mass is 254 g/mol. The van der Waals surface area contributed by atoms with Gasteiger partial charge in [-0.3, -0.25) is 4.90 Å². The van der Waals surface area contributed by atoms with Crippen molar-refractivity contribution in [3.05, 3.63) is 0 Å². The Bertz CT molecular complexity index is 215. The summed E-state index contributed by atoms with van der Waals surface area (Å²) in [4.78, 5) is 2.62. The minimum Gasteiger partial charge on any atom is -0.329 e. The van der Waals surface area contributed by atoms with Crippen LogP contribution < -0.4 is 5.73 Å². The molecule has 0 atom stereocenters. The molecule has 0 bridgehead atoms. The van der Waals surface area contributed by atoms with Crippen LogP contribution in [0.25, 0.3) is 0 Å². The molecule has 0 unspecified atom stereocenters. The second-order valence-electron chi connectivity index (χ2n) is 6.24. The van der Waals surface area contributed by atoms with Gasteiger partial charge in [-0.1, -0.05) is 33.6 Å². The van der Waals surface area contributed by atoms with Gasteiger partial charge >= 0.3 is 0 Å². The summed E-state index contributed by atoms with van der Waals surface area (Å²) < 4.78 is 0. The number of hydrogen-bond acceptors (Lipinski definition) is 2. The average molecular weight is 254 g/mol. The number of nitrogens with two attached hydrogens (primary N) is 1.